The Morgan fingerprint density at radius 3 is 2.45 bits per heavy atom. The van der Waals surface area contributed by atoms with Crippen molar-refractivity contribution in [3.8, 4) is 0 Å². The summed E-state index contributed by atoms with van der Waals surface area (Å²) >= 11 is 0. The van der Waals surface area contributed by atoms with Crippen molar-refractivity contribution >= 4 is 15.9 Å². The predicted molar refractivity (Wildman–Crippen MR) is 75.5 cm³/mol. The van der Waals surface area contributed by atoms with Crippen LogP contribution in [0, 0.1) is 0 Å². The lowest BCUT2D eigenvalue weighted by Gasteiger charge is -2.43. The van der Waals surface area contributed by atoms with Crippen molar-refractivity contribution in [1.82, 2.24) is 4.31 Å². The van der Waals surface area contributed by atoms with Crippen LogP contribution in [-0.2, 0) is 19.6 Å². The molecule has 0 aromatic carbocycles. The fourth-order valence-electron chi connectivity index (χ4n) is 2.69. The van der Waals surface area contributed by atoms with E-state index in [1.807, 2.05) is 0 Å². The minimum atomic E-state index is -3.45. The van der Waals surface area contributed by atoms with Crippen LogP contribution in [0.4, 0.5) is 0 Å². The number of amides is 1. The molecule has 1 saturated carbocycles. The van der Waals surface area contributed by atoms with Crippen LogP contribution in [0.1, 0.15) is 46.0 Å². The van der Waals surface area contributed by atoms with Gasteiger partial charge < -0.3 is 10.5 Å². The Balaban J connectivity index is 1.69. The van der Waals surface area contributed by atoms with Crippen LogP contribution in [0.5, 0.6) is 0 Å². The maximum atomic E-state index is 11.9. The number of carbonyl (C=O) groups is 1. The minimum Gasteiger partial charge on any atom is -0.378 e. The van der Waals surface area contributed by atoms with Gasteiger partial charge in [-0.1, -0.05) is 0 Å². The van der Waals surface area contributed by atoms with Crippen LogP contribution in [-0.4, -0.2) is 48.7 Å². The fraction of sp³-hybridized carbons (Fsp3) is 0.923. The maximum Gasteiger partial charge on any atom is 0.258 e. The SMILES string of the molecule is CC1(C)C(=O)N(CCCOC2CCC(N)CC2)S1(=O)=O. The van der Waals surface area contributed by atoms with E-state index in [4.69, 9.17) is 10.5 Å². The largest absolute Gasteiger partial charge is 0.378 e. The molecule has 0 unspecified atom stereocenters. The van der Waals surface area contributed by atoms with E-state index in [1.54, 1.807) is 0 Å². The van der Waals surface area contributed by atoms with Gasteiger partial charge in [-0.25, -0.2) is 12.7 Å². The summed E-state index contributed by atoms with van der Waals surface area (Å²) in [6.07, 6.45) is 4.68. The van der Waals surface area contributed by atoms with Gasteiger partial charge in [0.1, 0.15) is 0 Å². The number of hydrogen-bond donors (Lipinski definition) is 1. The third-order valence-corrected chi connectivity index (χ3v) is 6.65. The molecular weight excluding hydrogens is 280 g/mol. The van der Waals surface area contributed by atoms with Gasteiger partial charge in [0, 0.05) is 19.2 Å². The zero-order chi connectivity index (χ0) is 15.0. The number of ether oxygens (including phenoxy) is 1. The van der Waals surface area contributed by atoms with Gasteiger partial charge in [0.2, 0.25) is 0 Å². The zero-order valence-corrected chi connectivity index (χ0v) is 13.0. The third-order valence-electron chi connectivity index (χ3n) is 4.25. The average molecular weight is 304 g/mol. The molecule has 1 aliphatic heterocycles. The highest BCUT2D eigenvalue weighted by molar-refractivity contribution is 7.94. The van der Waals surface area contributed by atoms with Crippen molar-refractivity contribution in [3.05, 3.63) is 0 Å². The number of hydrogen-bond acceptors (Lipinski definition) is 5. The molecule has 1 amide bonds. The standard InChI is InChI=1S/C13H24N2O4S/c1-13(2)12(16)15(20(13,17)18)8-3-9-19-11-6-4-10(14)5-7-11/h10-11H,3-9,14H2,1-2H3. The smallest absolute Gasteiger partial charge is 0.258 e. The Kier molecular flexibility index (Phi) is 4.41. The molecule has 0 spiro atoms. The van der Waals surface area contributed by atoms with E-state index >= 15 is 0 Å². The van der Waals surface area contributed by atoms with Crippen LogP contribution < -0.4 is 5.73 Å². The molecule has 2 aliphatic rings. The summed E-state index contributed by atoms with van der Waals surface area (Å²) in [5, 5.41) is 0. The number of carbonyl (C=O) groups excluding carboxylic acids is 1. The van der Waals surface area contributed by atoms with Gasteiger partial charge in [-0.05, 0) is 46.0 Å². The number of nitrogens with zero attached hydrogens (tertiary/aromatic N) is 1. The molecule has 20 heavy (non-hydrogen) atoms. The summed E-state index contributed by atoms with van der Waals surface area (Å²) in [5.74, 6) is -0.318. The molecule has 2 N–H and O–H groups in total. The Hall–Kier alpha value is -0.660. The van der Waals surface area contributed by atoms with Gasteiger partial charge in [0.05, 0.1) is 6.10 Å². The van der Waals surface area contributed by atoms with Crippen molar-refractivity contribution in [1.29, 1.82) is 0 Å². The van der Waals surface area contributed by atoms with Gasteiger partial charge in [-0.2, -0.15) is 0 Å². The first kappa shape index (κ1) is 15.7. The summed E-state index contributed by atoms with van der Waals surface area (Å²) < 4.78 is 29.2. The van der Waals surface area contributed by atoms with E-state index in [1.165, 1.54) is 13.8 Å². The Labute approximate surface area is 120 Å². The maximum absolute atomic E-state index is 11.9. The van der Waals surface area contributed by atoms with Crippen LogP contribution in [0.15, 0.2) is 0 Å². The van der Waals surface area contributed by atoms with E-state index in [0.29, 0.717) is 19.1 Å². The molecule has 116 valence electrons. The first-order valence-electron chi connectivity index (χ1n) is 7.20. The zero-order valence-electron chi connectivity index (χ0n) is 12.2. The highest BCUT2D eigenvalue weighted by Gasteiger charge is 2.59. The van der Waals surface area contributed by atoms with Crippen LogP contribution in [0.2, 0.25) is 0 Å². The van der Waals surface area contributed by atoms with Crippen LogP contribution in [0.25, 0.3) is 0 Å². The number of sulfonamides is 1. The average Bonchev–Trinajstić information content (AvgIpc) is 2.39. The minimum absolute atomic E-state index is 0.219. The van der Waals surface area contributed by atoms with Crippen molar-refractivity contribution in [2.45, 2.75) is 62.8 Å². The molecule has 1 aliphatic carbocycles. The molecule has 1 heterocycles. The normalized spacial score (nSPS) is 31.9. The predicted octanol–water partition coefficient (Wildman–Crippen LogP) is 0.614. The topological polar surface area (TPSA) is 89.7 Å². The molecule has 2 rings (SSSR count). The molecule has 0 aromatic rings. The Bertz CT molecular complexity index is 467. The summed E-state index contributed by atoms with van der Waals surface area (Å²) in [6, 6.07) is 0.293. The summed E-state index contributed by atoms with van der Waals surface area (Å²) in [7, 11) is -3.45. The number of nitrogens with two attached hydrogens (primary N) is 1. The van der Waals surface area contributed by atoms with Gasteiger partial charge in [-0.15, -0.1) is 0 Å². The summed E-state index contributed by atoms with van der Waals surface area (Å²) in [4.78, 5) is 11.7. The molecule has 7 heteroatoms. The molecular formula is C13H24N2O4S. The fourth-order valence-corrected chi connectivity index (χ4v) is 4.26. The second-order valence-corrected chi connectivity index (χ2v) is 8.57. The molecule has 0 atom stereocenters. The lowest BCUT2D eigenvalue weighted by Crippen LogP contribution is -2.67. The van der Waals surface area contributed by atoms with Gasteiger partial charge in [0.25, 0.3) is 15.9 Å². The second kappa shape index (κ2) is 5.61. The van der Waals surface area contributed by atoms with Crippen molar-refractivity contribution in [2.24, 2.45) is 5.73 Å². The molecule has 6 nitrogen and oxygen atoms in total. The van der Waals surface area contributed by atoms with Crippen LogP contribution in [0.3, 0.4) is 0 Å². The van der Waals surface area contributed by atoms with E-state index in [-0.39, 0.29) is 18.6 Å². The molecule has 0 bridgehead atoms. The lowest BCUT2D eigenvalue weighted by atomic mass is 9.94. The van der Waals surface area contributed by atoms with E-state index in [9.17, 15) is 13.2 Å². The highest BCUT2D eigenvalue weighted by atomic mass is 32.2. The second-order valence-electron chi connectivity index (χ2n) is 6.15. The van der Waals surface area contributed by atoms with Gasteiger partial charge >= 0.3 is 0 Å². The first-order chi connectivity index (χ1) is 9.26. The third kappa shape index (κ3) is 2.71. The molecule has 2 fully saturated rings. The van der Waals surface area contributed by atoms with Crippen LogP contribution >= 0.6 is 0 Å². The Morgan fingerprint density at radius 1 is 1.30 bits per heavy atom. The summed E-state index contributed by atoms with van der Waals surface area (Å²) in [6.45, 7) is 3.60. The summed E-state index contributed by atoms with van der Waals surface area (Å²) in [5.41, 5.74) is 5.82. The molecule has 1 saturated heterocycles. The van der Waals surface area contributed by atoms with Crippen molar-refractivity contribution < 1.29 is 17.9 Å². The quantitative estimate of drug-likeness (QED) is 0.752. The van der Waals surface area contributed by atoms with E-state index in [2.05, 4.69) is 0 Å². The molecule has 0 aromatic heterocycles. The van der Waals surface area contributed by atoms with E-state index in [0.717, 1.165) is 30.0 Å². The Morgan fingerprint density at radius 2 is 1.90 bits per heavy atom. The highest BCUT2D eigenvalue weighted by Crippen LogP contribution is 2.34. The molecule has 0 radical (unpaired) electrons. The van der Waals surface area contributed by atoms with E-state index < -0.39 is 14.8 Å². The van der Waals surface area contributed by atoms with Gasteiger partial charge in [0.15, 0.2) is 4.75 Å². The van der Waals surface area contributed by atoms with Gasteiger partial charge in [-0.3, -0.25) is 4.79 Å². The van der Waals surface area contributed by atoms with Crippen molar-refractivity contribution in [3.63, 3.8) is 0 Å². The monoisotopic (exact) mass is 304 g/mol. The van der Waals surface area contributed by atoms with Crippen molar-refractivity contribution in [2.75, 3.05) is 13.2 Å². The first-order valence-corrected chi connectivity index (χ1v) is 8.64. The lowest BCUT2D eigenvalue weighted by molar-refractivity contribution is -0.132. The number of rotatable bonds is 5.